The molecule has 1 aromatic carbocycles. The molecule has 80 valence electrons. The van der Waals surface area contributed by atoms with E-state index in [0.717, 1.165) is 37.1 Å². The molecule has 1 aliphatic heterocycles. The van der Waals surface area contributed by atoms with Crippen LogP contribution in [0.2, 0.25) is 0 Å². The Balaban J connectivity index is 2.06. The second kappa shape index (κ2) is 2.98. The fraction of sp³-hybridized carbons (Fsp3) is 0.455. The Kier molecular flexibility index (Phi) is 1.83. The fourth-order valence-corrected chi connectivity index (χ4v) is 3.73. The van der Waals surface area contributed by atoms with Crippen molar-refractivity contribution in [1.82, 2.24) is 0 Å². The van der Waals surface area contributed by atoms with Crippen LogP contribution in [-0.4, -0.2) is 20.2 Å². The van der Waals surface area contributed by atoms with E-state index in [1.165, 1.54) is 0 Å². The van der Waals surface area contributed by atoms with Crippen molar-refractivity contribution in [2.45, 2.75) is 29.4 Å². The zero-order valence-electron chi connectivity index (χ0n) is 8.36. The van der Waals surface area contributed by atoms with Crippen LogP contribution in [0.4, 0.5) is 5.69 Å². The van der Waals surface area contributed by atoms with E-state index in [-0.39, 0.29) is 5.25 Å². The van der Waals surface area contributed by atoms with Crippen molar-refractivity contribution >= 4 is 15.5 Å². The zero-order valence-corrected chi connectivity index (χ0v) is 9.18. The topological polar surface area (TPSA) is 46.2 Å². The Morgan fingerprint density at radius 3 is 2.80 bits per heavy atom. The summed E-state index contributed by atoms with van der Waals surface area (Å²) < 4.78 is 23.9. The van der Waals surface area contributed by atoms with Gasteiger partial charge in [0, 0.05) is 12.2 Å². The SMILES string of the molecule is O=S(=O)(c1ccc2c(c1)CCN2)C1CC1. The van der Waals surface area contributed by atoms with Crippen LogP contribution in [0.1, 0.15) is 18.4 Å². The average molecular weight is 223 g/mol. The summed E-state index contributed by atoms with van der Waals surface area (Å²) in [5, 5.41) is 3.12. The molecule has 0 saturated heterocycles. The minimum Gasteiger partial charge on any atom is -0.384 e. The van der Waals surface area contributed by atoms with Crippen LogP contribution < -0.4 is 5.32 Å². The highest BCUT2D eigenvalue weighted by Gasteiger charge is 2.37. The highest BCUT2D eigenvalue weighted by molar-refractivity contribution is 7.92. The molecule has 0 amide bonds. The number of hydrogen-bond acceptors (Lipinski definition) is 3. The average Bonchev–Trinajstić information content (AvgIpc) is 2.97. The molecular formula is C11H13NO2S. The van der Waals surface area contributed by atoms with Gasteiger partial charge >= 0.3 is 0 Å². The third kappa shape index (κ3) is 1.44. The largest absolute Gasteiger partial charge is 0.384 e. The van der Waals surface area contributed by atoms with E-state index in [0.29, 0.717) is 4.90 Å². The lowest BCUT2D eigenvalue weighted by Crippen LogP contribution is -2.07. The normalized spacial score (nSPS) is 19.7. The molecule has 1 fully saturated rings. The van der Waals surface area contributed by atoms with Crippen LogP contribution in [0, 0.1) is 0 Å². The number of anilines is 1. The van der Waals surface area contributed by atoms with Gasteiger partial charge in [-0.15, -0.1) is 0 Å². The van der Waals surface area contributed by atoms with E-state index >= 15 is 0 Å². The minimum atomic E-state index is -3.02. The highest BCUT2D eigenvalue weighted by Crippen LogP contribution is 2.35. The first kappa shape index (κ1) is 9.21. The van der Waals surface area contributed by atoms with Crippen molar-refractivity contribution in [2.75, 3.05) is 11.9 Å². The lowest BCUT2D eigenvalue weighted by atomic mass is 10.2. The van der Waals surface area contributed by atoms with Crippen LogP contribution in [0.15, 0.2) is 23.1 Å². The summed E-state index contributed by atoms with van der Waals surface area (Å²) in [5.74, 6) is 0. The first-order chi connectivity index (χ1) is 7.18. The molecule has 3 nitrogen and oxygen atoms in total. The molecule has 0 atom stereocenters. The lowest BCUT2D eigenvalue weighted by molar-refractivity contribution is 0.594. The predicted molar refractivity (Wildman–Crippen MR) is 58.8 cm³/mol. The van der Waals surface area contributed by atoms with E-state index in [9.17, 15) is 8.42 Å². The monoisotopic (exact) mass is 223 g/mol. The van der Waals surface area contributed by atoms with E-state index in [1.807, 2.05) is 12.1 Å². The van der Waals surface area contributed by atoms with E-state index in [1.54, 1.807) is 6.07 Å². The third-order valence-electron chi connectivity index (χ3n) is 3.08. The Morgan fingerprint density at radius 2 is 2.07 bits per heavy atom. The quantitative estimate of drug-likeness (QED) is 0.828. The fourth-order valence-electron chi connectivity index (χ4n) is 2.03. The second-order valence-electron chi connectivity index (χ2n) is 4.24. The van der Waals surface area contributed by atoms with Gasteiger partial charge in [0.25, 0.3) is 0 Å². The third-order valence-corrected chi connectivity index (χ3v) is 5.34. The predicted octanol–water partition coefficient (Wildman–Crippen LogP) is 1.59. The molecule has 1 aliphatic carbocycles. The maximum Gasteiger partial charge on any atom is 0.181 e. The summed E-state index contributed by atoms with van der Waals surface area (Å²) >= 11 is 0. The van der Waals surface area contributed by atoms with Crippen molar-refractivity contribution < 1.29 is 8.42 Å². The summed E-state index contributed by atoms with van der Waals surface area (Å²) in [7, 11) is -3.02. The van der Waals surface area contributed by atoms with Crippen LogP contribution >= 0.6 is 0 Å². The number of nitrogens with one attached hydrogen (secondary N) is 1. The lowest BCUT2D eigenvalue weighted by Gasteiger charge is -2.05. The summed E-state index contributed by atoms with van der Waals surface area (Å²) in [6, 6.07) is 5.45. The van der Waals surface area contributed by atoms with Gasteiger partial charge in [-0.05, 0) is 43.0 Å². The minimum absolute atomic E-state index is 0.107. The Bertz CT molecular complexity index is 503. The maximum atomic E-state index is 12.0. The smallest absolute Gasteiger partial charge is 0.181 e. The standard InChI is InChI=1S/C11H13NO2S/c13-15(14,9-1-2-9)10-3-4-11-8(7-10)5-6-12-11/h3-4,7,9,12H,1-2,5-6H2. The second-order valence-corrected chi connectivity index (χ2v) is 6.47. The molecule has 0 spiro atoms. The van der Waals surface area contributed by atoms with Crippen LogP contribution in [0.3, 0.4) is 0 Å². The Hall–Kier alpha value is -1.03. The van der Waals surface area contributed by atoms with Gasteiger partial charge in [-0.25, -0.2) is 8.42 Å². The highest BCUT2D eigenvalue weighted by atomic mass is 32.2. The molecule has 15 heavy (non-hydrogen) atoms. The first-order valence-electron chi connectivity index (χ1n) is 5.28. The number of benzene rings is 1. The maximum absolute atomic E-state index is 12.0. The number of rotatable bonds is 2. The van der Waals surface area contributed by atoms with E-state index in [2.05, 4.69) is 5.32 Å². The summed E-state index contributed by atoms with van der Waals surface area (Å²) in [4.78, 5) is 0.507. The van der Waals surface area contributed by atoms with Crippen molar-refractivity contribution in [3.8, 4) is 0 Å². The van der Waals surface area contributed by atoms with Crippen molar-refractivity contribution in [3.05, 3.63) is 23.8 Å². The van der Waals surface area contributed by atoms with Gasteiger partial charge in [0.1, 0.15) is 0 Å². The molecular weight excluding hydrogens is 210 g/mol. The van der Waals surface area contributed by atoms with Crippen molar-refractivity contribution in [2.24, 2.45) is 0 Å². The Morgan fingerprint density at radius 1 is 1.27 bits per heavy atom. The molecule has 2 aliphatic rings. The van der Waals surface area contributed by atoms with Crippen LogP contribution in [0.25, 0.3) is 0 Å². The molecule has 4 heteroatoms. The molecule has 3 rings (SSSR count). The molecule has 0 unspecified atom stereocenters. The van der Waals surface area contributed by atoms with E-state index < -0.39 is 9.84 Å². The van der Waals surface area contributed by atoms with Gasteiger partial charge in [-0.2, -0.15) is 0 Å². The molecule has 0 bridgehead atoms. The van der Waals surface area contributed by atoms with Gasteiger partial charge in [0.05, 0.1) is 10.1 Å². The zero-order chi connectivity index (χ0) is 10.5. The molecule has 1 heterocycles. The van der Waals surface area contributed by atoms with E-state index in [4.69, 9.17) is 0 Å². The molecule has 1 saturated carbocycles. The van der Waals surface area contributed by atoms with Crippen molar-refractivity contribution in [1.29, 1.82) is 0 Å². The number of sulfone groups is 1. The van der Waals surface area contributed by atoms with Crippen LogP contribution in [-0.2, 0) is 16.3 Å². The summed E-state index contributed by atoms with van der Waals surface area (Å²) in [6.07, 6.45) is 2.60. The van der Waals surface area contributed by atoms with Gasteiger partial charge in [0.2, 0.25) is 0 Å². The van der Waals surface area contributed by atoms with Gasteiger partial charge < -0.3 is 5.32 Å². The number of fused-ring (bicyclic) bond motifs is 1. The molecule has 0 aromatic heterocycles. The summed E-state index contributed by atoms with van der Waals surface area (Å²) in [6.45, 7) is 0.919. The van der Waals surface area contributed by atoms with Crippen LogP contribution in [0.5, 0.6) is 0 Å². The molecule has 1 N–H and O–H groups in total. The number of hydrogen-bond donors (Lipinski definition) is 1. The van der Waals surface area contributed by atoms with Gasteiger partial charge in [-0.1, -0.05) is 0 Å². The van der Waals surface area contributed by atoms with Gasteiger partial charge in [0.15, 0.2) is 9.84 Å². The molecule has 0 radical (unpaired) electrons. The first-order valence-corrected chi connectivity index (χ1v) is 6.83. The van der Waals surface area contributed by atoms with Crippen molar-refractivity contribution in [3.63, 3.8) is 0 Å². The Labute approximate surface area is 89.4 Å². The summed E-state index contributed by atoms with van der Waals surface area (Å²) in [5.41, 5.74) is 2.22. The van der Waals surface area contributed by atoms with Gasteiger partial charge in [-0.3, -0.25) is 0 Å². The molecule has 1 aromatic rings.